The third-order valence-electron chi connectivity index (χ3n) is 13.1. The average Bonchev–Trinajstić information content (AvgIpc) is 3.74. The molecule has 58 heavy (non-hydrogen) atoms. The van der Waals surface area contributed by atoms with Crippen molar-refractivity contribution >= 4 is 44.0 Å². The molecule has 274 valence electrons. The summed E-state index contributed by atoms with van der Waals surface area (Å²) in [4.78, 5) is 12.0. The molecule has 9 aromatic rings. The van der Waals surface area contributed by atoms with Crippen molar-refractivity contribution in [2.24, 2.45) is 0 Å². The van der Waals surface area contributed by atoms with Crippen molar-refractivity contribution in [3.8, 4) is 44.5 Å². The van der Waals surface area contributed by atoms with E-state index in [1.165, 1.54) is 83.3 Å². The number of benzene rings is 8. The molecule has 12 rings (SSSR count). The highest BCUT2D eigenvalue weighted by Gasteiger charge is 2.40. The molecule has 0 N–H and O–H groups in total. The Morgan fingerprint density at radius 3 is 1.84 bits per heavy atom. The second-order valence-electron chi connectivity index (χ2n) is 16.5. The summed E-state index contributed by atoms with van der Waals surface area (Å²) >= 11 is 0. The topological polar surface area (TPSA) is 29.0 Å². The Labute approximate surface area is 338 Å². The first kappa shape index (κ1) is 33.1. The maximum absolute atomic E-state index is 4.74. The molecule has 1 aliphatic heterocycles. The Bertz CT molecular complexity index is 3190. The van der Waals surface area contributed by atoms with Gasteiger partial charge in [0.05, 0.1) is 17.1 Å². The van der Waals surface area contributed by atoms with Crippen molar-refractivity contribution in [2.75, 3.05) is 4.90 Å². The van der Waals surface area contributed by atoms with Crippen molar-refractivity contribution < 1.29 is 0 Å². The van der Waals surface area contributed by atoms with Gasteiger partial charge in [-0.05, 0) is 108 Å². The predicted octanol–water partition coefficient (Wildman–Crippen LogP) is 14.0. The molecule has 3 nitrogen and oxygen atoms in total. The summed E-state index contributed by atoms with van der Waals surface area (Å²) < 4.78 is 0. The molecule has 3 heteroatoms. The highest BCUT2D eigenvalue weighted by atomic mass is 15.2. The maximum Gasteiger partial charge on any atom is 0.0971 e. The molecule has 2 aliphatic carbocycles. The number of hydrogen-bond acceptors (Lipinski definition) is 3. The van der Waals surface area contributed by atoms with Crippen molar-refractivity contribution in [2.45, 2.75) is 31.2 Å². The van der Waals surface area contributed by atoms with Crippen LogP contribution in [0.25, 0.3) is 77.1 Å². The largest absolute Gasteiger partial charge is 0.333 e. The lowest BCUT2D eigenvalue weighted by atomic mass is 9.81. The van der Waals surface area contributed by atoms with Crippen LogP contribution in [0.3, 0.4) is 0 Å². The monoisotopic (exact) mass is 741 g/mol. The van der Waals surface area contributed by atoms with Gasteiger partial charge in [0, 0.05) is 45.9 Å². The number of para-hydroxylation sites is 1. The van der Waals surface area contributed by atoms with Crippen molar-refractivity contribution in [3.63, 3.8) is 0 Å². The molecule has 0 radical (unpaired) electrons. The van der Waals surface area contributed by atoms with E-state index in [1.807, 2.05) is 0 Å². The Hall–Kier alpha value is -7.10. The van der Waals surface area contributed by atoms with E-state index in [4.69, 9.17) is 9.97 Å². The molecule has 0 fully saturated rings. The van der Waals surface area contributed by atoms with Gasteiger partial charge < -0.3 is 4.90 Å². The van der Waals surface area contributed by atoms with Gasteiger partial charge in [0.25, 0.3) is 0 Å². The van der Waals surface area contributed by atoms with Gasteiger partial charge >= 0.3 is 0 Å². The molecule has 0 saturated heterocycles. The van der Waals surface area contributed by atoms with E-state index >= 15 is 0 Å². The molecule has 0 bridgehead atoms. The van der Waals surface area contributed by atoms with Crippen LogP contribution in [0.4, 0.5) is 11.4 Å². The van der Waals surface area contributed by atoms with Crippen molar-refractivity contribution in [3.05, 3.63) is 205 Å². The summed E-state index contributed by atoms with van der Waals surface area (Å²) in [7, 11) is 0. The van der Waals surface area contributed by atoms with Gasteiger partial charge in [-0.25, -0.2) is 0 Å². The van der Waals surface area contributed by atoms with Crippen LogP contribution in [-0.2, 0) is 5.41 Å². The first-order valence-electron chi connectivity index (χ1n) is 20.3. The first-order chi connectivity index (χ1) is 28.5. The molecular weight excluding hydrogens is 703 g/mol. The van der Waals surface area contributed by atoms with Crippen molar-refractivity contribution in [1.82, 2.24) is 9.97 Å². The third kappa shape index (κ3) is 4.86. The minimum atomic E-state index is -0.138. The second-order valence-corrected chi connectivity index (χ2v) is 16.5. The van der Waals surface area contributed by atoms with E-state index in [1.54, 1.807) is 12.4 Å². The summed E-state index contributed by atoms with van der Waals surface area (Å²) in [6.45, 7) is 4.78. The third-order valence-corrected chi connectivity index (χ3v) is 13.1. The lowest BCUT2D eigenvalue weighted by molar-refractivity contribution is 0.659. The van der Waals surface area contributed by atoms with E-state index < -0.39 is 0 Å². The summed E-state index contributed by atoms with van der Waals surface area (Å²) in [6, 6.07) is 56.7. The van der Waals surface area contributed by atoms with E-state index in [-0.39, 0.29) is 5.41 Å². The molecule has 3 aliphatic rings. The molecular formula is C55H39N3. The van der Waals surface area contributed by atoms with Gasteiger partial charge in [-0.3, -0.25) is 9.97 Å². The van der Waals surface area contributed by atoms with Crippen LogP contribution in [0.2, 0.25) is 0 Å². The van der Waals surface area contributed by atoms with Gasteiger partial charge in [0.15, 0.2) is 0 Å². The Morgan fingerprint density at radius 2 is 1.05 bits per heavy atom. The number of allylic oxidation sites excluding steroid dienone is 2. The molecule has 1 aromatic heterocycles. The molecule has 2 unspecified atom stereocenters. The summed E-state index contributed by atoms with van der Waals surface area (Å²) in [5, 5.41) is 4.66. The van der Waals surface area contributed by atoms with Gasteiger partial charge in [-0.1, -0.05) is 153 Å². The zero-order valence-electron chi connectivity index (χ0n) is 32.4. The molecule has 0 spiro atoms. The number of fused-ring (bicyclic) bond motifs is 12. The average molecular weight is 742 g/mol. The first-order valence-corrected chi connectivity index (χ1v) is 20.3. The molecule has 2 atom stereocenters. The standard InChI is InChI=1S/C55H39N3/c1-55(2)49-32-39(22-25-42(49)43-27-24-40(33-50(43)55)58-51-16-7-5-13-44(51)45-14-6-8-17-52(45)58)37-11-9-10-36(30-37)34-18-20-35(21-19-34)38-23-26-47-48(31-38)41-12-3-4-15-46(41)53-54(47)57-29-28-56-53/h3-33,44,51H,1-2H3. The minimum absolute atomic E-state index is 0.138. The van der Waals surface area contributed by atoms with Crippen LogP contribution in [0.1, 0.15) is 36.5 Å². The maximum atomic E-state index is 4.74. The van der Waals surface area contributed by atoms with Crippen LogP contribution in [0, 0.1) is 0 Å². The summed E-state index contributed by atoms with van der Waals surface area (Å²) in [6.07, 6.45) is 12.7. The quantitative estimate of drug-likeness (QED) is 0.168. The number of anilines is 2. The van der Waals surface area contributed by atoms with Crippen LogP contribution < -0.4 is 4.90 Å². The smallest absolute Gasteiger partial charge is 0.0971 e. The van der Waals surface area contributed by atoms with Crippen LogP contribution in [0.5, 0.6) is 0 Å². The number of aromatic nitrogens is 2. The number of hydrogen-bond donors (Lipinski definition) is 0. The molecule has 2 heterocycles. The van der Waals surface area contributed by atoms with Gasteiger partial charge in [-0.15, -0.1) is 0 Å². The highest BCUT2D eigenvalue weighted by Crippen LogP contribution is 2.53. The fourth-order valence-corrected chi connectivity index (χ4v) is 10.2. The molecule has 8 aromatic carbocycles. The minimum Gasteiger partial charge on any atom is -0.333 e. The lowest BCUT2D eigenvalue weighted by Gasteiger charge is -2.30. The Balaban J connectivity index is 0.855. The highest BCUT2D eigenvalue weighted by molar-refractivity contribution is 6.23. The normalized spacial score (nSPS) is 17.1. The SMILES string of the molecule is CC1(C)c2cc(-c3cccc(-c4ccc(-c5ccc6c(c5)c5ccccc5c5nccnc65)cc4)c3)ccc2-c2ccc(N3c4ccccc4C4C=CC=CC43)cc21. The van der Waals surface area contributed by atoms with Crippen LogP contribution in [-0.4, -0.2) is 16.0 Å². The Kier molecular flexibility index (Phi) is 7.10. The van der Waals surface area contributed by atoms with E-state index in [9.17, 15) is 0 Å². The Morgan fingerprint density at radius 1 is 0.466 bits per heavy atom. The predicted molar refractivity (Wildman–Crippen MR) is 242 cm³/mol. The van der Waals surface area contributed by atoms with Crippen LogP contribution >= 0.6 is 0 Å². The van der Waals surface area contributed by atoms with Gasteiger partial charge in [-0.2, -0.15) is 0 Å². The number of nitrogens with zero attached hydrogens (tertiary/aromatic N) is 3. The zero-order valence-corrected chi connectivity index (χ0v) is 32.4. The molecule has 0 saturated carbocycles. The summed E-state index contributed by atoms with van der Waals surface area (Å²) in [5.74, 6) is 0.374. The van der Waals surface area contributed by atoms with Gasteiger partial charge in [0.1, 0.15) is 0 Å². The van der Waals surface area contributed by atoms with E-state index in [2.05, 4.69) is 195 Å². The van der Waals surface area contributed by atoms with Gasteiger partial charge in [0.2, 0.25) is 0 Å². The fourth-order valence-electron chi connectivity index (χ4n) is 10.2. The van der Waals surface area contributed by atoms with Crippen LogP contribution in [0.15, 0.2) is 188 Å². The lowest BCUT2D eigenvalue weighted by Crippen LogP contribution is -2.28. The fraction of sp³-hybridized carbons (Fsp3) is 0.0909. The van der Waals surface area contributed by atoms with Crippen molar-refractivity contribution in [1.29, 1.82) is 0 Å². The number of rotatable bonds is 4. The van der Waals surface area contributed by atoms with E-state index in [0.717, 1.165) is 21.8 Å². The van der Waals surface area contributed by atoms with E-state index in [0.29, 0.717) is 12.0 Å². The molecule has 0 amide bonds. The summed E-state index contributed by atoms with van der Waals surface area (Å²) in [5.41, 5.74) is 18.5. The zero-order chi connectivity index (χ0) is 38.5. The second kappa shape index (κ2) is 12.4.